The minimum atomic E-state index is 0.302. The fourth-order valence-electron chi connectivity index (χ4n) is 2.74. The minimum absolute atomic E-state index is 0.302. The van der Waals surface area contributed by atoms with Gasteiger partial charge in [0.25, 0.3) is 0 Å². The lowest BCUT2D eigenvalue weighted by molar-refractivity contribution is 0.244. The van der Waals surface area contributed by atoms with E-state index in [-0.39, 0.29) is 0 Å². The topological polar surface area (TPSA) is 36.4 Å². The summed E-state index contributed by atoms with van der Waals surface area (Å²) in [5.41, 5.74) is 1.76. The molecule has 0 radical (unpaired) electrons. The fraction of sp³-hybridized carbons (Fsp3) is 0.588. The van der Waals surface area contributed by atoms with Crippen molar-refractivity contribution in [2.24, 2.45) is 10.9 Å². The first-order valence-corrected chi connectivity index (χ1v) is 7.66. The predicted octanol–water partition coefficient (Wildman–Crippen LogP) is 2.93. The Bertz CT molecular complexity index is 433. The molecule has 2 rings (SSSR count). The summed E-state index contributed by atoms with van der Waals surface area (Å²) in [5.74, 6) is 1.54. The summed E-state index contributed by atoms with van der Waals surface area (Å²) in [5, 5.41) is 6.88. The maximum Gasteiger partial charge on any atom is 0.191 e. The first kappa shape index (κ1) is 14.9. The molecule has 1 aromatic rings. The van der Waals surface area contributed by atoms with Gasteiger partial charge in [0.2, 0.25) is 0 Å². The summed E-state index contributed by atoms with van der Waals surface area (Å²) in [6.45, 7) is 6.34. The second-order valence-electron chi connectivity index (χ2n) is 6.20. The van der Waals surface area contributed by atoms with Gasteiger partial charge in [-0.3, -0.25) is 4.99 Å². The van der Waals surface area contributed by atoms with Crippen molar-refractivity contribution in [3.63, 3.8) is 0 Å². The molecule has 0 aromatic heterocycles. The Morgan fingerprint density at radius 3 is 2.40 bits per heavy atom. The highest BCUT2D eigenvalue weighted by molar-refractivity contribution is 5.79. The number of nitrogens with one attached hydrogen (secondary N) is 2. The monoisotopic (exact) mass is 273 g/mol. The van der Waals surface area contributed by atoms with Crippen LogP contribution in [0.2, 0.25) is 0 Å². The molecule has 110 valence electrons. The van der Waals surface area contributed by atoms with Crippen LogP contribution in [0.1, 0.15) is 38.7 Å². The van der Waals surface area contributed by atoms with Crippen molar-refractivity contribution in [1.29, 1.82) is 0 Å². The number of benzene rings is 1. The molecule has 20 heavy (non-hydrogen) atoms. The molecule has 0 atom stereocenters. The third-order valence-corrected chi connectivity index (χ3v) is 4.19. The molecule has 3 nitrogen and oxygen atoms in total. The van der Waals surface area contributed by atoms with Crippen molar-refractivity contribution >= 4 is 5.96 Å². The van der Waals surface area contributed by atoms with Gasteiger partial charge in [-0.25, -0.2) is 0 Å². The highest BCUT2D eigenvalue weighted by atomic mass is 15.2. The Hall–Kier alpha value is -1.51. The van der Waals surface area contributed by atoms with Crippen LogP contribution in [0.4, 0.5) is 0 Å². The molecule has 0 spiro atoms. The number of rotatable bonds is 5. The molecule has 1 aliphatic rings. The standard InChI is InChI=1S/C17H27N3/c1-14(2)12-19-16(18-3)20-13-17(10-7-11-17)15-8-5-4-6-9-15/h4-6,8-9,14H,7,10-13H2,1-3H3,(H2,18,19,20). The van der Waals surface area contributed by atoms with Crippen molar-refractivity contribution in [1.82, 2.24) is 10.6 Å². The summed E-state index contributed by atoms with van der Waals surface area (Å²) in [6.07, 6.45) is 3.87. The minimum Gasteiger partial charge on any atom is -0.356 e. The normalized spacial score (nSPS) is 17.7. The summed E-state index contributed by atoms with van der Waals surface area (Å²) < 4.78 is 0. The Labute approximate surface area is 122 Å². The van der Waals surface area contributed by atoms with E-state index < -0.39 is 0 Å². The SMILES string of the molecule is CN=C(NCC(C)C)NCC1(c2ccccc2)CCC1. The van der Waals surface area contributed by atoms with Gasteiger partial charge in [-0.2, -0.15) is 0 Å². The molecule has 3 heteroatoms. The zero-order valence-corrected chi connectivity index (χ0v) is 12.9. The molecule has 0 bridgehead atoms. The first-order chi connectivity index (χ1) is 9.66. The van der Waals surface area contributed by atoms with E-state index in [2.05, 4.69) is 59.8 Å². The van der Waals surface area contributed by atoms with Gasteiger partial charge >= 0.3 is 0 Å². The maximum atomic E-state index is 4.31. The smallest absolute Gasteiger partial charge is 0.191 e. The number of hydrogen-bond donors (Lipinski definition) is 2. The number of aliphatic imine (C=N–C) groups is 1. The van der Waals surface area contributed by atoms with Gasteiger partial charge in [-0.15, -0.1) is 0 Å². The Balaban J connectivity index is 1.94. The van der Waals surface area contributed by atoms with E-state index in [1.54, 1.807) is 0 Å². The lowest BCUT2D eigenvalue weighted by Gasteiger charge is -2.43. The summed E-state index contributed by atoms with van der Waals surface area (Å²) in [7, 11) is 1.84. The van der Waals surface area contributed by atoms with Gasteiger partial charge in [-0.1, -0.05) is 50.6 Å². The lowest BCUT2D eigenvalue weighted by Crippen LogP contribution is -2.49. The van der Waals surface area contributed by atoms with Crippen LogP contribution in [0.3, 0.4) is 0 Å². The van der Waals surface area contributed by atoms with Crippen LogP contribution in [0.25, 0.3) is 0 Å². The molecular weight excluding hydrogens is 246 g/mol. The molecule has 1 fully saturated rings. The van der Waals surface area contributed by atoms with Crippen molar-refractivity contribution in [2.45, 2.75) is 38.5 Å². The molecule has 0 amide bonds. The first-order valence-electron chi connectivity index (χ1n) is 7.66. The fourth-order valence-corrected chi connectivity index (χ4v) is 2.74. The Kier molecular flexibility index (Phi) is 5.05. The van der Waals surface area contributed by atoms with E-state index in [1.807, 2.05) is 7.05 Å². The maximum absolute atomic E-state index is 4.31. The van der Waals surface area contributed by atoms with Crippen molar-refractivity contribution < 1.29 is 0 Å². The number of hydrogen-bond acceptors (Lipinski definition) is 1. The molecule has 0 aliphatic heterocycles. The highest BCUT2D eigenvalue weighted by Gasteiger charge is 2.38. The van der Waals surface area contributed by atoms with Gasteiger partial charge in [0.1, 0.15) is 0 Å². The van der Waals surface area contributed by atoms with E-state index in [0.29, 0.717) is 11.3 Å². The number of guanidine groups is 1. The predicted molar refractivity (Wildman–Crippen MR) is 86.2 cm³/mol. The van der Waals surface area contributed by atoms with Gasteiger partial charge in [0, 0.05) is 25.6 Å². The Morgan fingerprint density at radius 1 is 1.20 bits per heavy atom. The van der Waals surface area contributed by atoms with Crippen LogP contribution in [-0.2, 0) is 5.41 Å². The highest BCUT2D eigenvalue weighted by Crippen LogP contribution is 2.43. The van der Waals surface area contributed by atoms with Crippen LogP contribution in [0, 0.1) is 5.92 Å². The summed E-state index contributed by atoms with van der Waals surface area (Å²) >= 11 is 0. The largest absolute Gasteiger partial charge is 0.356 e. The molecule has 0 saturated heterocycles. The second kappa shape index (κ2) is 6.78. The lowest BCUT2D eigenvalue weighted by atomic mass is 9.64. The zero-order valence-electron chi connectivity index (χ0n) is 12.9. The van der Waals surface area contributed by atoms with Crippen molar-refractivity contribution in [2.75, 3.05) is 20.1 Å². The van der Waals surface area contributed by atoms with Crippen LogP contribution in [-0.4, -0.2) is 26.1 Å². The Morgan fingerprint density at radius 2 is 1.90 bits per heavy atom. The van der Waals surface area contributed by atoms with Crippen molar-refractivity contribution in [3.8, 4) is 0 Å². The van der Waals surface area contributed by atoms with Crippen LogP contribution in [0.15, 0.2) is 35.3 Å². The third kappa shape index (κ3) is 3.53. The average Bonchev–Trinajstić information content (AvgIpc) is 2.42. The van der Waals surface area contributed by atoms with Crippen LogP contribution >= 0.6 is 0 Å². The van der Waals surface area contributed by atoms with Crippen LogP contribution in [0.5, 0.6) is 0 Å². The molecule has 2 N–H and O–H groups in total. The second-order valence-corrected chi connectivity index (χ2v) is 6.20. The van der Waals surface area contributed by atoms with E-state index in [0.717, 1.165) is 19.0 Å². The van der Waals surface area contributed by atoms with Crippen LogP contribution < -0.4 is 10.6 Å². The zero-order chi connectivity index (χ0) is 14.4. The molecule has 1 aromatic carbocycles. The van der Waals surface area contributed by atoms with Gasteiger partial charge in [0.05, 0.1) is 0 Å². The van der Waals surface area contributed by atoms with E-state index in [1.165, 1.54) is 24.8 Å². The van der Waals surface area contributed by atoms with Gasteiger partial charge < -0.3 is 10.6 Å². The molecule has 0 unspecified atom stereocenters. The third-order valence-electron chi connectivity index (χ3n) is 4.19. The average molecular weight is 273 g/mol. The quantitative estimate of drug-likeness (QED) is 0.639. The molecular formula is C17H27N3. The molecule has 0 heterocycles. The van der Waals surface area contributed by atoms with E-state index in [4.69, 9.17) is 0 Å². The number of nitrogens with zero attached hydrogens (tertiary/aromatic N) is 1. The van der Waals surface area contributed by atoms with E-state index >= 15 is 0 Å². The summed E-state index contributed by atoms with van der Waals surface area (Å²) in [4.78, 5) is 4.31. The van der Waals surface area contributed by atoms with Gasteiger partial charge in [-0.05, 0) is 24.3 Å². The molecule has 1 saturated carbocycles. The van der Waals surface area contributed by atoms with Crippen molar-refractivity contribution in [3.05, 3.63) is 35.9 Å². The summed E-state index contributed by atoms with van der Waals surface area (Å²) in [6, 6.07) is 10.9. The van der Waals surface area contributed by atoms with Gasteiger partial charge in [0.15, 0.2) is 5.96 Å². The van der Waals surface area contributed by atoms with E-state index in [9.17, 15) is 0 Å². The molecule has 1 aliphatic carbocycles.